The van der Waals surface area contributed by atoms with Crippen LogP contribution in [0.1, 0.15) is 46.0 Å². The third kappa shape index (κ3) is 7.60. The topological polar surface area (TPSA) is 20.2 Å². The Bertz CT molecular complexity index is 97.0. The molecule has 0 bridgehead atoms. The number of aliphatic hydroxyl groups is 1. The fraction of sp³-hybridized carbons (Fsp3) is 0.800. The molecule has 0 aliphatic rings. The second-order valence-electron chi connectivity index (χ2n) is 2.94. The lowest BCUT2D eigenvalue weighted by Crippen LogP contribution is -2.02. The van der Waals surface area contributed by atoms with Gasteiger partial charge in [-0.15, -0.1) is 0 Å². The summed E-state index contributed by atoms with van der Waals surface area (Å²) in [6.45, 7) is 4.26. The highest BCUT2D eigenvalue weighted by Gasteiger charge is 1.97. The van der Waals surface area contributed by atoms with Crippen LogP contribution in [0.15, 0.2) is 12.2 Å². The van der Waals surface area contributed by atoms with Crippen molar-refractivity contribution < 1.29 is 5.11 Å². The molecule has 0 aliphatic heterocycles. The number of hydrogen-bond acceptors (Lipinski definition) is 1. The van der Waals surface area contributed by atoms with Gasteiger partial charge < -0.3 is 5.11 Å². The number of aliphatic hydroxyl groups excluding tert-OH is 1. The lowest BCUT2D eigenvalue weighted by molar-refractivity contribution is 0.166. The molecular weight excluding hydrogens is 136 g/mol. The minimum absolute atomic E-state index is 0.117. The van der Waals surface area contributed by atoms with E-state index in [4.69, 9.17) is 0 Å². The third-order valence-electron chi connectivity index (χ3n) is 1.65. The molecule has 1 N–H and O–H groups in total. The van der Waals surface area contributed by atoms with E-state index in [0.29, 0.717) is 0 Å². The Morgan fingerprint density at radius 2 is 1.91 bits per heavy atom. The molecule has 0 rings (SSSR count). The molecule has 0 saturated heterocycles. The molecule has 0 radical (unpaired) electrons. The van der Waals surface area contributed by atoms with Gasteiger partial charge in [0.25, 0.3) is 0 Å². The lowest BCUT2D eigenvalue weighted by atomic mass is 10.1. The van der Waals surface area contributed by atoms with E-state index in [1.54, 1.807) is 0 Å². The molecule has 0 aromatic carbocycles. The Morgan fingerprint density at radius 3 is 2.45 bits per heavy atom. The van der Waals surface area contributed by atoms with Gasteiger partial charge in [-0.25, -0.2) is 0 Å². The Balaban J connectivity index is 3.21. The monoisotopic (exact) mass is 156 g/mol. The van der Waals surface area contributed by atoms with Crippen molar-refractivity contribution in [2.45, 2.75) is 52.1 Å². The summed E-state index contributed by atoms with van der Waals surface area (Å²) in [7, 11) is 0. The van der Waals surface area contributed by atoms with Gasteiger partial charge in [-0.3, -0.25) is 0 Å². The van der Waals surface area contributed by atoms with Crippen LogP contribution in [0.5, 0.6) is 0 Å². The molecule has 0 spiro atoms. The number of unbranched alkanes of at least 4 members (excludes halogenated alkanes) is 1. The van der Waals surface area contributed by atoms with E-state index >= 15 is 0 Å². The smallest absolute Gasteiger partial charge is 0.0574 e. The molecule has 0 aromatic rings. The molecule has 1 unspecified atom stereocenters. The van der Waals surface area contributed by atoms with Crippen LogP contribution in [-0.4, -0.2) is 11.2 Å². The zero-order chi connectivity index (χ0) is 8.53. The van der Waals surface area contributed by atoms with Gasteiger partial charge in [-0.1, -0.05) is 38.8 Å². The first-order chi connectivity index (χ1) is 5.31. The van der Waals surface area contributed by atoms with E-state index in [-0.39, 0.29) is 6.10 Å². The Kier molecular flexibility index (Phi) is 7.59. The third-order valence-corrected chi connectivity index (χ3v) is 1.65. The van der Waals surface area contributed by atoms with Crippen molar-refractivity contribution in [2.24, 2.45) is 0 Å². The first kappa shape index (κ1) is 10.7. The summed E-state index contributed by atoms with van der Waals surface area (Å²) in [5, 5.41) is 9.30. The highest BCUT2D eigenvalue weighted by atomic mass is 16.3. The predicted octanol–water partition coefficient (Wildman–Crippen LogP) is 2.89. The van der Waals surface area contributed by atoms with Gasteiger partial charge in [0.1, 0.15) is 0 Å². The van der Waals surface area contributed by atoms with Gasteiger partial charge >= 0.3 is 0 Å². The summed E-state index contributed by atoms with van der Waals surface area (Å²) in [6, 6.07) is 0. The zero-order valence-corrected chi connectivity index (χ0v) is 7.71. The molecule has 0 heterocycles. The average Bonchev–Trinajstić information content (AvgIpc) is 1.99. The van der Waals surface area contributed by atoms with Crippen LogP contribution in [-0.2, 0) is 0 Å². The number of hydrogen-bond donors (Lipinski definition) is 1. The molecule has 0 saturated carbocycles. The van der Waals surface area contributed by atoms with E-state index in [9.17, 15) is 5.11 Å². The summed E-state index contributed by atoms with van der Waals surface area (Å²) in [5.74, 6) is 0. The molecular formula is C10H20O. The van der Waals surface area contributed by atoms with Gasteiger partial charge in [0.15, 0.2) is 0 Å². The maximum absolute atomic E-state index is 9.30. The molecule has 11 heavy (non-hydrogen) atoms. The van der Waals surface area contributed by atoms with Crippen LogP contribution in [0.3, 0.4) is 0 Å². The van der Waals surface area contributed by atoms with Crippen molar-refractivity contribution >= 4 is 0 Å². The van der Waals surface area contributed by atoms with E-state index in [0.717, 1.165) is 25.7 Å². The first-order valence-corrected chi connectivity index (χ1v) is 4.64. The Hall–Kier alpha value is -0.300. The van der Waals surface area contributed by atoms with Crippen LogP contribution in [0.2, 0.25) is 0 Å². The fourth-order valence-corrected chi connectivity index (χ4v) is 0.989. The van der Waals surface area contributed by atoms with Crippen LogP contribution in [0.25, 0.3) is 0 Å². The van der Waals surface area contributed by atoms with E-state index in [1.807, 2.05) is 0 Å². The molecule has 1 atom stereocenters. The molecule has 0 fully saturated rings. The largest absolute Gasteiger partial charge is 0.393 e. The predicted molar refractivity (Wildman–Crippen MR) is 49.6 cm³/mol. The maximum atomic E-state index is 9.30. The summed E-state index contributed by atoms with van der Waals surface area (Å²) in [4.78, 5) is 0. The highest BCUT2D eigenvalue weighted by Crippen LogP contribution is 2.02. The fourth-order valence-electron chi connectivity index (χ4n) is 0.989. The second-order valence-corrected chi connectivity index (χ2v) is 2.94. The standard InChI is InChI=1S/C10H20O/c1-3-5-6-7-9-10(11)8-4-2/h6-7,10-11H,3-5,8-9H2,1-2H3/b7-6-. The SMILES string of the molecule is CCC/C=C\CC(O)CCC. The van der Waals surface area contributed by atoms with Crippen molar-refractivity contribution in [2.75, 3.05) is 0 Å². The van der Waals surface area contributed by atoms with Crippen LogP contribution < -0.4 is 0 Å². The minimum Gasteiger partial charge on any atom is -0.393 e. The van der Waals surface area contributed by atoms with Gasteiger partial charge in [0.05, 0.1) is 6.10 Å². The van der Waals surface area contributed by atoms with Crippen LogP contribution in [0, 0.1) is 0 Å². The summed E-state index contributed by atoms with van der Waals surface area (Å²) in [5.41, 5.74) is 0. The highest BCUT2D eigenvalue weighted by molar-refractivity contribution is 4.83. The van der Waals surface area contributed by atoms with Crippen molar-refractivity contribution in [3.63, 3.8) is 0 Å². The minimum atomic E-state index is -0.117. The van der Waals surface area contributed by atoms with E-state index in [1.165, 1.54) is 6.42 Å². The van der Waals surface area contributed by atoms with Gasteiger partial charge in [0.2, 0.25) is 0 Å². The Labute approximate surface area is 70.1 Å². The van der Waals surface area contributed by atoms with Gasteiger partial charge in [0, 0.05) is 0 Å². The lowest BCUT2D eigenvalue weighted by Gasteiger charge is -2.03. The van der Waals surface area contributed by atoms with Crippen molar-refractivity contribution in [1.82, 2.24) is 0 Å². The quantitative estimate of drug-likeness (QED) is 0.586. The average molecular weight is 156 g/mol. The molecule has 0 aromatic heterocycles. The second kappa shape index (κ2) is 7.80. The number of allylic oxidation sites excluding steroid dienone is 1. The van der Waals surface area contributed by atoms with E-state index in [2.05, 4.69) is 26.0 Å². The summed E-state index contributed by atoms with van der Waals surface area (Å²) in [6.07, 6.45) is 9.28. The Morgan fingerprint density at radius 1 is 1.18 bits per heavy atom. The van der Waals surface area contributed by atoms with Crippen LogP contribution in [0.4, 0.5) is 0 Å². The summed E-state index contributed by atoms with van der Waals surface area (Å²) < 4.78 is 0. The first-order valence-electron chi connectivity index (χ1n) is 4.64. The number of rotatable bonds is 6. The molecule has 0 amide bonds. The van der Waals surface area contributed by atoms with Gasteiger partial charge in [-0.2, -0.15) is 0 Å². The molecule has 1 heteroatoms. The van der Waals surface area contributed by atoms with Crippen molar-refractivity contribution in [3.8, 4) is 0 Å². The normalized spacial score (nSPS) is 14.1. The van der Waals surface area contributed by atoms with E-state index < -0.39 is 0 Å². The molecule has 1 nitrogen and oxygen atoms in total. The van der Waals surface area contributed by atoms with Crippen molar-refractivity contribution in [3.05, 3.63) is 12.2 Å². The zero-order valence-electron chi connectivity index (χ0n) is 7.71. The van der Waals surface area contributed by atoms with Crippen molar-refractivity contribution in [1.29, 1.82) is 0 Å². The maximum Gasteiger partial charge on any atom is 0.0574 e. The molecule has 0 aliphatic carbocycles. The van der Waals surface area contributed by atoms with Crippen LogP contribution >= 0.6 is 0 Å². The van der Waals surface area contributed by atoms with Gasteiger partial charge in [-0.05, 0) is 19.3 Å². The molecule has 66 valence electrons. The summed E-state index contributed by atoms with van der Waals surface area (Å²) >= 11 is 0.